The summed E-state index contributed by atoms with van der Waals surface area (Å²) in [5.74, 6) is 0. The molecule has 0 fully saturated rings. The number of allylic oxidation sites excluding steroid dienone is 4. The fourth-order valence-corrected chi connectivity index (χ4v) is 4.71. The first-order chi connectivity index (χ1) is 12.9. The van der Waals surface area contributed by atoms with Crippen molar-refractivity contribution in [2.45, 2.75) is 19.3 Å². The third kappa shape index (κ3) is 1.86. The lowest BCUT2D eigenvalue weighted by atomic mass is 9.98. The highest BCUT2D eigenvalue weighted by atomic mass is 15.0. The minimum atomic E-state index is 1.13. The molecule has 0 saturated heterocycles. The predicted octanol–water partition coefficient (Wildman–Crippen LogP) is 6.44. The van der Waals surface area contributed by atoms with Gasteiger partial charge >= 0.3 is 0 Å². The number of fused-ring (bicyclic) bond motifs is 5. The highest BCUT2D eigenvalue weighted by Crippen LogP contribution is 2.40. The van der Waals surface area contributed by atoms with Crippen LogP contribution in [-0.4, -0.2) is 4.57 Å². The molecule has 0 atom stereocenters. The zero-order valence-electron chi connectivity index (χ0n) is 14.6. The van der Waals surface area contributed by atoms with Gasteiger partial charge in [0.15, 0.2) is 0 Å². The molecule has 1 heterocycles. The van der Waals surface area contributed by atoms with Crippen LogP contribution in [0.3, 0.4) is 0 Å². The largest absolute Gasteiger partial charge is 0.309 e. The number of nitrogens with zero attached hydrogens (tertiary/aromatic N) is 1. The molecule has 1 nitrogen and oxygen atoms in total. The molecule has 0 radical (unpaired) electrons. The fraction of sp³-hybridized carbons (Fsp3) is 0.120. The van der Waals surface area contributed by atoms with Gasteiger partial charge in [0.05, 0.1) is 11.0 Å². The molecule has 0 aliphatic heterocycles. The molecule has 0 N–H and O–H groups in total. The number of hydrogen-bond acceptors (Lipinski definition) is 0. The van der Waals surface area contributed by atoms with Gasteiger partial charge in [0.25, 0.3) is 0 Å². The molecule has 0 bridgehead atoms. The maximum atomic E-state index is 2.41. The van der Waals surface area contributed by atoms with Crippen molar-refractivity contribution in [2.24, 2.45) is 0 Å². The first-order valence-electron chi connectivity index (χ1n) is 9.40. The normalized spacial score (nSPS) is 15.7. The molecule has 26 heavy (non-hydrogen) atoms. The van der Waals surface area contributed by atoms with Crippen LogP contribution in [0, 0.1) is 0 Å². The summed E-state index contributed by atoms with van der Waals surface area (Å²) >= 11 is 0. The second-order valence-corrected chi connectivity index (χ2v) is 7.35. The maximum absolute atomic E-state index is 2.41. The minimum Gasteiger partial charge on any atom is -0.309 e. The van der Waals surface area contributed by atoms with Crippen LogP contribution in [0.5, 0.6) is 0 Å². The van der Waals surface area contributed by atoms with Crippen LogP contribution in [-0.2, 0) is 6.42 Å². The Hall–Kier alpha value is -3.06. The number of para-hydroxylation sites is 2. The summed E-state index contributed by atoms with van der Waals surface area (Å²) in [7, 11) is 0. The molecule has 6 rings (SSSR count). The molecule has 3 aromatic carbocycles. The Balaban J connectivity index is 1.65. The van der Waals surface area contributed by atoms with Crippen molar-refractivity contribution in [3.05, 3.63) is 95.6 Å². The quantitative estimate of drug-likeness (QED) is 0.377. The fourth-order valence-electron chi connectivity index (χ4n) is 4.71. The average Bonchev–Trinajstić information content (AvgIpc) is 3.23. The van der Waals surface area contributed by atoms with Crippen molar-refractivity contribution in [1.82, 2.24) is 4.57 Å². The van der Waals surface area contributed by atoms with Gasteiger partial charge in [0, 0.05) is 16.5 Å². The molecule has 0 saturated carbocycles. The van der Waals surface area contributed by atoms with Gasteiger partial charge in [-0.25, -0.2) is 0 Å². The first-order valence-corrected chi connectivity index (χ1v) is 9.40. The van der Waals surface area contributed by atoms with Gasteiger partial charge in [-0.05, 0) is 60.2 Å². The van der Waals surface area contributed by atoms with Crippen LogP contribution in [0.15, 0.2) is 84.5 Å². The highest BCUT2D eigenvalue weighted by Gasteiger charge is 2.22. The summed E-state index contributed by atoms with van der Waals surface area (Å²) in [6, 6.07) is 24.5. The Bertz CT molecular complexity index is 1200. The average molecular weight is 333 g/mol. The van der Waals surface area contributed by atoms with Gasteiger partial charge in [0.1, 0.15) is 0 Å². The standard InChI is InChI=1S/C25H19N/c1-2-8-20-17(7-1)15-18-13-14-19(16-23(18)20)26-24-11-5-3-9-21(24)22-10-4-6-12-25(22)26/h2-6,8-14,16H,1,7,15H2. The summed E-state index contributed by atoms with van der Waals surface area (Å²) in [5, 5.41) is 2.64. The van der Waals surface area contributed by atoms with Crippen molar-refractivity contribution >= 4 is 27.4 Å². The molecule has 2 aliphatic rings. The molecule has 1 heteroatoms. The van der Waals surface area contributed by atoms with E-state index in [1.165, 1.54) is 57.0 Å². The van der Waals surface area contributed by atoms with Crippen molar-refractivity contribution < 1.29 is 0 Å². The molecule has 0 amide bonds. The van der Waals surface area contributed by atoms with Crippen LogP contribution in [0.25, 0.3) is 33.1 Å². The van der Waals surface area contributed by atoms with Crippen molar-refractivity contribution in [2.75, 3.05) is 0 Å². The summed E-state index contributed by atoms with van der Waals surface area (Å²) in [6.45, 7) is 0. The van der Waals surface area contributed by atoms with Crippen LogP contribution in [0.4, 0.5) is 0 Å². The van der Waals surface area contributed by atoms with E-state index in [1.54, 1.807) is 5.57 Å². The molecular formula is C25H19N. The highest BCUT2D eigenvalue weighted by molar-refractivity contribution is 6.09. The molecule has 0 spiro atoms. The Morgan fingerprint density at radius 2 is 1.50 bits per heavy atom. The molecule has 0 unspecified atom stereocenters. The molecular weight excluding hydrogens is 314 g/mol. The summed E-state index contributed by atoms with van der Waals surface area (Å²) in [6.07, 6.45) is 8.18. The number of hydrogen-bond donors (Lipinski definition) is 0. The molecule has 1 aromatic heterocycles. The Labute approximate surface area is 152 Å². The first kappa shape index (κ1) is 14.1. The number of benzene rings is 3. The van der Waals surface area contributed by atoms with E-state index >= 15 is 0 Å². The van der Waals surface area contributed by atoms with Gasteiger partial charge in [-0.2, -0.15) is 0 Å². The van der Waals surface area contributed by atoms with E-state index in [0.717, 1.165) is 6.42 Å². The van der Waals surface area contributed by atoms with E-state index in [1.807, 2.05) is 0 Å². The van der Waals surface area contributed by atoms with Gasteiger partial charge in [-0.15, -0.1) is 0 Å². The second-order valence-electron chi connectivity index (χ2n) is 7.35. The SMILES string of the molecule is C1=CC2=C(CC1)Cc1ccc(-n3c4ccccc4c4ccccc43)cc12. The molecule has 2 aliphatic carbocycles. The zero-order valence-corrected chi connectivity index (χ0v) is 14.6. The molecule has 124 valence electrons. The lowest BCUT2D eigenvalue weighted by Crippen LogP contribution is -1.96. The predicted molar refractivity (Wildman–Crippen MR) is 110 cm³/mol. The van der Waals surface area contributed by atoms with Crippen LogP contribution in [0.2, 0.25) is 0 Å². The van der Waals surface area contributed by atoms with Crippen molar-refractivity contribution in [3.63, 3.8) is 0 Å². The maximum Gasteiger partial charge on any atom is 0.0541 e. The van der Waals surface area contributed by atoms with Crippen LogP contribution in [0.1, 0.15) is 24.0 Å². The third-order valence-electron chi connectivity index (χ3n) is 5.90. The van der Waals surface area contributed by atoms with E-state index in [4.69, 9.17) is 0 Å². The summed E-state index contributed by atoms with van der Waals surface area (Å²) in [5.41, 5.74) is 9.80. The van der Waals surface area contributed by atoms with Gasteiger partial charge in [-0.3, -0.25) is 0 Å². The van der Waals surface area contributed by atoms with Crippen molar-refractivity contribution in [1.29, 1.82) is 0 Å². The van der Waals surface area contributed by atoms with E-state index in [-0.39, 0.29) is 0 Å². The van der Waals surface area contributed by atoms with Crippen LogP contribution < -0.4 is 0 Å². The Morgan fingerprint density at radius 3 is 2.27 bits per heavy atom. The van der Waals surface area contributed by atoms with Crippen molar-refractivity contribution in [3.8, 4) is 5.69 Å². The second kappa shape index (κ2) is 5.22. The van der Waals surface area contributed by atoms with E-state index in [2.05, 4.69) is 83.4 Å². The van der Waals surface area contributed by atoms with Crippen LogP contribution >= 0.6 is 0 Å². The topological polar surface area (TPSA) is 4.93 Å². The smallest absolute Gasteiger partial charge is 0.0541 e. The molecule has 4 aromatic rings. The monoisotopic (exact) mass is 333 g/mol. The zero-order chi connectivity index (χ0) is 17.1. The Morgan fingerprint density at radius 1 is 0.769 bits per heavy atom. The Kier molecular flexibility index (Phi) is 2.84. The van der Waals surface area contributed by atoms with E-state index in [9.17, 15) is 0 Å². The lowest BCUT2D eigenvalue weighted by Gasteiger charge is -2.12. The lowest BCUT2D eigenvalue weighted by molar-refractivity contribution is 0.935. The summed E-state index contributed by atoms with van der Waals surface area (Å²) in [4.78, 5) is 0. The number of rotatable bonds is 1. The summed E-state index contributed by atoms with van der Waals surface area (Å²) < 4.78 is 2.41. The third-order valence-corrected chi connectivity index (χ3v) is 5.90. The van der Waals surface area contributed by atoms with Gasteiger partial charge in [-0.1, -0.05) is 60.2 Å². The van der Waals surface area contributed by atoms with E-state index in [0.29, 0.717) is 0 Å². The minimum absolute atomic E-state index is 1.13. The van der Waals surface area contributed by atoms with E-state index < -0.39 is 0 Å². The van der Waals surface area contributed by atoms with Gasteiger partial charge in [0.2, 0.25) is 0 Å². The van der Waals surface area contributed by atoms with Gasteiger partial charge < -0.3 is 4.57 Å². The number of aromatic nitrogens is 1.